The lowest BCUT2D eigenvalue weighted by molar-refractivity contribution is 0.991. The van der Waals surface area contributed by atoms with Crippen molar-refractivity contribution in [1.29, 1.82) is 0 Å². The molecular formula is C42H26N6. The van der Waals surface area contributed by atoms with Gasteiger partial charge in [0.15, 0.2) is 0 Å². The molecule has 0 radical (unpaired) electrons. The lowest BCUT2D eigenvalue weighted by Gasteiger charge is -2.13. The lowest BCUT2D eigenvalue weighted by atomic mass is 10.1. The Kier molecular flexibility index (Phi) is 5.77. The van der Waals surface area contributed by atoms with Gasteiger partial charge in [-0.1, -0.05) is 109 Å². The average molecular weight is 615 g/mol. The summed E-state index contributed by atoms with van der Waals surface area (Å²) >= 11 is 0. The number of fused-ring (bicyclic) bond motifs is 9. The number of para-hydroxylation sites is 2. The summed E-state index contributed by atoms with van der Waals surface area (Å²) in [6.07, 6.45) is 3.72. The van der Waals surface area contributed by atoms with E-state index in [4.69, 9.17) is 19.9 Å². The number of hydrogen-bond donors (Lipinski definition) is 0. The minimum atomic E-state index is 0.621. The topological polar surface area (TPSA) is 61.4 Å². The summed E-state index contributed by atoms with van der Waals surface area (Å²) in [5, 5.41) is 4.51. The number of nitrogens with zero attached hydrogens (tertiary/aromatic N) is 6. The summed E-state index contributed by atoms with van der Waals surface area (Å²) in [6, 6.07) is 50.3. The smallest absolute Gasteiger partial charge is 0.235 e. The first-order valence-corrected chi connectivity index (χ1v) is 16.0. The lowest BCUT2D eigenvalue weighted by Crippen LogP contribution is -2.03. The van der Waals surface area contributed by atoms with Gasteiger partial charge in [0.25, 0.3) is 0 Å². The molecule has 6 heteroatoms. The normalized spacial score (nSPS) is 11.8. The Bertz CT molecular complexity index is 2820. The van der Waals surface area contributed by atoms with Crippen molar-refractivity contribution in [3.8, 4) is 34.2 Å². The van der Waals surface area contributed by atoms with E-state index in [1.165, 1.54) is 0 Å². The molecule has 10 rings (SSSR count). The number of benzene rings is 6. The Morgan fingerprint density at radius 2 is 1.02 bits per heavy atom. The first-order chi connectivity index (χ1) is 23.8. The fourth-order valence-corrected chi connectivity index (χ4v) is 7.12. The van der Waals surface area contributed by atoms with Gasteiger partial charge in [0.1, 0.15) is 5.52 Å². The van der Waals surface area contributed by atoms with E-state index >= 15 is 0 Å². The fraction of sp³-hybridized carbons (Fsp3) is 0. The largest absolute Gasteiger partial charge is 0.305 e. The Labute approximate surface area is 275 Å². The molecule has 0 aliphatic rings. The molecule has 0 aliphatic carbocycles. The second kappa shape index (κ2) is 10.4. The molecule has 10 aromatic rings. The molecule has 4 aromatic heterocycles. The zero-order chi connectivity index (χ0) is 31.6. The first-order valence-electron chi connectivity index (χ1n) is 16.0. The zero-order valence-corrected chi connectivity index (χ0v) is 25.7. The molecule has 0 N–H and O–H groups in total. The number of hydrogen-bond acceptors (Lipinski definition) is 4. The molecule has 0 amide bonds. The van der Waals surface area contributed by atoms with Crippen LogP contribution in [-0.4, -0.2) is 29.1 Å². The molecule has 0 atom stereocenters. The third kappa shape index (κ3) is 3.93. The Morgan fingerprint density at radius 3 is 1.79 bits per heavy atom. The van der Waals surface area contributed by atoms with Crippen molar-refractivity contribution in [3.63, 3.8) is 0 Å². The highest BCUT2D eigenvalue weighted by atomic mass is 15.2. The van der Waals surface area contributed by atoms with Crippen LogP contribution in [0.1, 0.15) is 0 Å². The summed E-state index contributed by atoms with van der Waals surface area (Å²) in [6.45, 7) is 0. The summed E-state index contributed by atoms with van der Waals surface area (Å²) in [4.78, 5) is 20.3. The molecule has 224 valence electrons. The van der Waals surface area contributed by atoms with Gasteiger partial charge in [-0.3, -0.25) is 9.55 Å². The van der Waals surface area contributed by atoms with Gasteiger partial charge in [-0.05, 0) is 36.4 Å². The van der Waals surface area contributed by atoms with Gasteiger partial charge in [-0.2, -0.15) is 0 Å². The first kappa shape index (κ1) is 26.5. The van der Waals surface area contributed by atoms with Crippen LogP contribution < -0.4 is 0 Å². The molecule has 0 saturated heterocycles. The van der Waals surface area contributed by atoms with E-state index < -0.39 is 0 Å². The monoisotopic (exact) mass is 614 g/mol. The second-order valence-electron chi connectivity index (χ2n) is 11.9. The van der Waals surface area contributed by atoms with Crippen molar-refractivity contribution in [2.45, 2.75) is 0 Å². The van der Waals surface area contributed by atoms with Crippen LogP contribution in [0.5, 0.6) is 0 Å². The second-order valence-corrected chi connectivity index (χ2v) is 11.9. The molecule has 6 aromatic carbocycles. The third-order valence-electron chi connectivity index (χ3n) is 9.23. The van der Waals surface area contributed by atoms with Crippen LogP contribution in [0.25, 0.3) is 88.8 Å². The van der Waals surface area contributed by atoms with E-state index in [1.807, 2.05) is 54.9 Å². The van der Waals surface area contributed by atoms with Crippen molar-refractivity contribution in [2.75, 3.05) is 0 Å². The van der Waals surface area contributed by atoms with E-state index in [9.17, 15) is 0 Å². The summed E-state index contributed by atoms with van der Waals surface area (Å²) in [7, 11) is 0. The summed E-state index contributed by atoms with van der Waals surface area (Å²) in [5.74, 6) is 0.621. The molecule has 6 nitrogen and oxygen atoms in total. The third-order valence-corrected chi connectivity index (χ3v) is 9.23. The van der Waals surface area contributed by atoms with E-state index in [-0.39, 0.29) is 0 Å². The highest BCUT2D eigenvalue weighted by molar-refractivity contribution is 6.26. The molecular weight excluding hydrogens is 589 g/mol. The van der Waals surface area contributed by atoms with Crippen molar-refractivity contribution in [3.05, 3.63) is 158 Å². The van der Waals surface area contributed by atoms with E-state index in [0.717, 1.165) is 82.8 Å². The van der Waals surface area contributed by atoms with E-state index in [1.54, 1.807) is 0 Å². The van der Waals surface area contributed by atoms with Gasteiger partial charge in [-0.15, -0.1) is 0 Å². The van der Waals surface area contributed by atoms with E-state index in [0.29, 0.717) is 5.95 Å². The fourth-order valence-electron chi connectivity index (χ4n) is 7.12. The quantitative estimate of drug-likeness (QED) is 0.198. The van der Waals surface area contributed by atoms with Crippen LogP contribution in [0.2, 0.25) is 0 Å². The molecule has 48 heavy (non-hydrogen) atoms. The predicted octanol–water partition coefficient (Wildman–Crippen LogP) is 9.95. The SMILES string of the molecule is c1ccc(-c2ccnc(-n3c4ccccc4c4ccc5c6ccc7ncc(-c8ccccc8)nc7c6n(-c6ccccc6)c5c43)n2)cc1. The van der Waals surface area contributed by atoms with Gasteiger partial charge >= 0.3 is 0 Å². The van der Waals surface area contributed by atoms with Crippen LogP contribution in [0.3, 0.4) is 0 Å². The molecule has 4 heterocycles. The van der Waals surface area contributed by atoms with Crippen LogP contribution in [0.15, 0.2) is 158 Å². The maximum atomic E-state index is 5.29. The summed E-state index contributed by atoms with van der Waals surface area (Å²) in [5.41, 5.74) is 10.7. The van der Waals surface area contributed by atoms with Gasteiger partial charge in [0.05, 0.1) is 45.2 Å². The minimum Gasteiger partial charge on any atom is -0.305 e. The van der Waals surface area contributed by atoms with Gasteiger partial charge in [-0.25, -0.2) is 15.0 Å². The summed E-state index contributed by atoms with van der Waals surface area (Å²) < 4.78 is 4.58. The molecule has 0 fully saturated rings. The van der Waals surface area contributed by atoms with Crippen molar-refractivity contribution in [1.82, 2.24) is 29.1 Å². The predicted molar refractivity (Wildman–Crippen MR) is 195 cm³/mol. The maximum Gasteiger partial charge on any atom is 0.235 e. The Hall–Kier alpha value is -6.66. The Morgan fingerprint density at radius 1 is 0.417 bits per heavy atom. The maximum absolute atomic E-state index is 5.29. The highest BCUT2D eigenvalue weighted by Crippen LogP contribution is 2.43. The highest BCUT2D eigenvalue weighted by Gasteiger charge is 2.24. The van der Waals surface area contributed by atoms with Gasteiger partial charge in [0.2, 0.25) is 5.95 Å². The van der Waals surface area contributed by atoms with Crippen LogP contribution in [0, 0.1) is 0 Å². The standard InChI is InChI=1S/C42H26N6/c1-4-12-27(13-5-1)34-24-25-43-42(46-34)48-37-19-11-10-18-30(37)31-20-21-33-32-22-23-35-38(45-36(26-44-35)28-14-6-2-7-15-28)39(32)47(40(33)41(31)48)29-16-8-3-9-17-29/h1-26H. The number of aromatic nitrogens is 6. The van der Waals surface area contributed by atoms with Crippen molar-refractivity contribution < 1.29 is 0 Å². The van der Waals surface area contributed by atoms with Gasteiger partial charge in [0, 0.05) is 44.6 Å². The molecule has 0 bridgehead atoms. The molecule has 0 aliphatic heterocycles. The van der Waals surface area contributed by atoms with Gasteiger partial charge < -0.3 is 4.57 Å². The Balaban J connectivity index is 1.39. The van der Waals surface area contributed by atoms with Crippen LogP contribution in [-0.2, 0) is 0 Å². The zero-order valence-electron chi connectivity index (χ0n) is 25.7. The van der Waals surface area contributed by atoms with Crippen LogP contribution >= 0.6 is 0 Å². The van der Waals surface area contributed by atoms with Crippen LogP contribution in [0.4, 0.5) is 0 Å². The minimum absolute atomic E-state index is 0.621. The van der Waals surface area contributed by atoms with Crippen molar-refractivity contribution in [2.24, 2.45) is 0 Å². The van der Waals surface area contributed by atoms with E-state index in [2.05, 4.69) is 112 Å². The molecule has 0 spiro atoms. The molecule has 0 unspecified atom stereocenters. The van der Waals surface area contributed by atoms with Crippen molar-refractivity contribution >= 4 is 54.6 Å². The average Bonchev–Trinajstić information content (AvgIpc) is 3.69. The number of rotatable bonds is 4. The molecule has 0 saturated carbocycles.